The maximum Gasteiger partial charge on any atom is 0.180 e. The Morgan fingerprint density at radius 2 is 2.05 bits per heavy atom. The number of halogens is 1. The number of fused-ring (bicyclic) bond motifs is 1. The number of aryl methyl sites for hydroxylation is 1. The van der Waals surface area contributed by atoms with Gasteiger partial charge in [-0.1, -0.05) is 6.92 Å². The summed E-state index contributed by atoms with van der Waals surface area (Å²) in [5, 5.41) is 3.39. The van der Waals surface area contributed by atoms with Crippen LogP contribution in [0.15, 0.2) is 18.3 Å². The van der Waals surface area contributed by atoms with Crippen LogP contribution in [0.3, 0.4) is 0 Å². The lowest BCUT2D eigenvalue weighted by atomic mass is 9.96. The Morgan fingerprint density at radius 3 is 2.81 bits per heavy atom. The van der Waals surface area contributed by atoms with Crippen LogP contribution in [0.25, 0.3) is 11.5 Å². The zero-order valence-corrected chi connectivity index (χ0v) is 12.2. The van der Waals surface area contributed by atoms with Crippen molar-refractivity contribution >= 4 is 5.82 Å². The maximum atomic E-state index is 13.0. The van der Waals surface area contributed by atoms with E-state index in [1.54, 1.807) is 6.07 Å². The van der Waals surface area contributed by atoms with Gasteiger partial charge in [-0.25, -0.2) is 19.3 Å². The molecule has 110 valence electrons. The maximum absolute atomic E-state index is 13.0. The molecule has 1 aliphatic carbocycles. The van der Waals surface area contributed by atoms with Crippen LogP contribution >= 0.6 is 0 Å². The van der Waals surface area contributed by atoms with Crippen LogP contribution in [-0.4, -0.2) is 21.5 Å². The molecule has 0 atom stereocenters. The molecule has 0 saturated heterocycles. The number of nitrogens with zero attached hydrogens (tertiary/aromatic N) is 3. The molecular weight excluding hydrogens is 267 g/mol. The first kappa shape index (κ1) is 13.9. The van der Waals surface area contributed by atoms with Crippen LogP contribution < -0.4 is 5.32 Å². The molecule has 0 aliphatic heterocycles. The average Bonchev–Trinajstić information content (AvgIpc) is 2.53. The first-order chi connectivity index (χ1) is 10.3. The molecule has 3 rings (SSSR count). The number of anilines is 1. The standard InChI is InChI=1S/C16H19FN4/c1-2-9-18-15-12-5-3-4-6-13(12)20-16(21-15)14-8-7-11(17)10-19-14/h7-8,10H,2-6,9H2,1H3,(H,18,20,21). The molecule has 2 aromatic rings. The second-order valence-electron chi connectivity index (χ2n) is 5.32. The molecule has 0 aromatic carbocycles. The molecule has 0 amide bonds. The molecule has 0 saturated carbocycles. The van der Waals surface area contributed by atoms with Gasteiger partial charge in [0.2, 0.25) is 0 Å². The summed E-state index contributed by atoms with van der Waals surface area (Å²) in [6.07, 6.45) is 6.60. The molecule has 1 N–H and O–H groups in total. The van der Waals surface area contributed by atoms with Gasteiger partial charge < -0.3 is 5.32 Å². The van der Waals surface area contributed by atoms with Crippen molar-refractivity contribution in [2.24, 2.45) is 0 Å². The van der Waals surface area contributed by atoms with Crippen LogP contribution in [0.2, 0.25) is 0 Å². The summed E-state index contributed by atoms with van der Waals surface area (Å²) >= 11 is 0. The van der Waals surface area contributed by atoms with E-state index in [-0.39, 0.29) is 5.82 Å². The Labute approximate surface area is 123 Å². The van der Waals surface area contributed by atoms with Crippen molar-refractivity contribution in [3.63, 3.8) is 0 Å². The minimum Gasteiger partial charge on any atom is -0.370 e. The number of nitrogens with one attached hydrogen (secondary N) is 1. The Kier molecular flexibility index (Phi) is 4.08. The molecule has 0 fully saturated rings. The third kappa shape index (κ3) is 3.01. The van der Waals surface area contributed by atoms with Gasteiger partial charge in [0.25, 0.3) is 0 Å². The van der Waals surface area contributed by atoms with Gasteiger partial charge >= 0.3 is 0 Å². The van der Waals surface area contributed by atoms with Crippen LogP contribution in [-0.2, 0) is 12.8 Å². The van der Waals surface area contributed by atoms with Crippen LogP contribution in [0.1, 0.15) is 37.4 Å². The molecule has 5 heteroatoms. The van der Waals surface area contributed by atoms with E-state index in [1.165, 1.54) is 24.2 Å². The Balaban J connectivity index is 2.02. The monoisotopic (exact) mass is 286 g/mol. The Morgan fingerprint density at radius 1 is 1.19 bits per heavy atom. The summed E-state index contributed by atoms with van der Waals surface area (Å²) in [5.41, 5.74) is 2.96. The number of hydrogen-bond donors (Lipinski definition) is 1. The zero-order chi connectivity index (χ0) is 14.7. The highest BCUT2D eigenvalue weighted by Gasteiger charge is 2.18. The molecule has 0 spiro atoms. The minimum absolute atomic E-state index is 0.346. The Bertz CT molecular complexity index is 625. The van der Waals surface area contributed by atoms with E-state index in [9.17, 15) is 4.39 Å². The summed E-state index contributed by atoms with van der Waals surface area (Å²) in [5.74, 6) is 1.15. The van der Waals surface area contributed by atoms with Crippen LogP contribution in [0, 0.1) is 5.82 Å². The fourth-order valence-corrected chi connectivity index (χ4v) is 2.61. The van der Waals surface area contributed by atoms with E-state index >= 15 is 0 Å². The highest BCUT2D eigenvalue weighted by molar-refractivity contribution is 5.57. The van der Waals surface area contributed by atoms with E-state index in [2.05, 4.69) is 27.2 Å². The number of aromatic nitrogens is 3. The second-order valence-corrected chi connectivity index (χ2v) is 5.32. The zero-order valence-electron chi connectivity index (χ0n) is 12.2. The van der Waals surface area contributed by atoms with Crippen molar-refractivity contribution in [2.75, 3.05) is 11.9 Å². The van der Waals surface area contributed by atoms with E-state index in [4.69, 9.17) is 0 Å². The first-order valence-electron chi connectivity index (χ1n) is 7.53. The summed E-state index contributed by atoms with van der Waals surface area (Å²) in [6, 6.07) is 3.02. The van der Waals surface area contributed by atoms with Gasteiger partial charge in [-0.2, -0.15) is 0 Å². The van der Waals surface area contributed by atoms with Crippen molar-refractivity contribution in [3.05, 3.63) is 35.4 Å². The smallest absolute Gasteiger partial charge is 0.180 e. The van der Waals surface area contributed by atoms with Gasteiger partial charge in [0.05, 0.1) is 6.20 Å². The lowest BCUT2D eigenvalue weighted by Gasteiger charge is -2.19. The quantitative estimate of drug-likeness (QED) is 0.936. The van der Waals surface area contributed by atoms with Crippen LogP contribution in [0.4, 0.5) is 10.2 Å². The lowest BCUT2D eigenvalue weighted by Crippen LogP contribution is -2.14. The molecule has 0 radical (unpaired) electrons. The fourth-order valence-electron chi connectivity index (χ4n) is 2.61. The first-order valence-corrected chi connectivity index (χ1v) is 7.53. The second kappa shape index (κ2) is 6.16. The molecular formula is C16H19FN4. The van der Waals surface area contributed by atoms with Gasteiger partial charge in [0, 0.05) is 17.8 Å². The highest BCUT2D eigenvalue weighted by Crippen LogP contribution is 2.27. The van der Waals surface area contributed by atoms with E-state index < -0.39 is 0 Å². The highest BCUT2D eigenvalue weighted by atomic mass is 19.1. The predicted molar refractivity (Wildman–Crippen MR) is 80.6 cm³/mol. The summed E-state index contributed by atoms with van der Waals surface area (Å²) in [6.45, 7) is 3.02. The number of pyridine rings is 1. The van der Waals surface area contributed by atoms with Gasteiger partial charge in [-0.05, 0) is 44.2 Å². The average molecular weight is 286 g/mol. The molecule has 2 heterocycles. The molecule has 0 bridgehead atoms. The largest absolute Gasteiger partial charge is 0.370 e. The summed E-state index contributed by atoms with van der Waals surface area (Å²) < 4.78 is 13.0. The van der Waals surface area contributed by atoms with E-state index in [1.807, 2.05) is 0 Å². The van der Waals surface area contributed by atoms with E-state index in [0.717, 1.165) is 43.7 Å². The van der Waals surface area contributed by atoms with Crippen molar-refractivity contribution in [3.8, 4) is 11.5 Å². The SMILES string of the molecule is CCCNc1nc(-c2ccc(F)cn2)nc2c1CCCC2. The fraction of sp³-hybridized carbons (Fsp3) is 0.438. The predicted octanol–water partition coefficient (Wildman–Crippen LogP) is 3.38. The molecule has 21 heavy (non-hydrogen) atoms. The van der Waals surface area contributed by atoms with Crippen LogP contribution in [0.5, 0.6) is 0 Å². The van der Waals surface area contributed by atoms with Gasteiger partial charge in [0.15, 0.2) is 5.82 Å². The molecule has 4 nitrogen and oxygen atoms in total. The topological polar surface area (TPSA) is 50.7 Å². The summed E-state index contributed by atoms with van der Waals surface area (Å²) in [4.78, 5) is 13.4. The van der Waals surface area contributed by atoms with Gasteiger partial charge in [-0.3, -0.25) is 0 Å². The number of hydrogen-bond acceptors (Lipinski definition) is 4. The molecule has 2 aromatic heterocycles. The van der Waals surface area contributed by atoms with Crippen molar-refractivity contribution in [2.45, 2.75) is 39.0 Å². The van der Waals surface area contributed by atoms with Crippen molar-refractivity contribution < 1.29 is 4.39 Å². The third-order valence-corrected chi connectivity index (χ3v) is 3.68. The van der Waals surface area contributed by atoms with Gasteiger partial charge in [-0.15, -0.1) is 0 Å². The number of rotatable bonds is 4. The molecule has 1 aliphatic rings. The van der Waals surface area contributed by atoms with E-state index in [0.29, 0.717) is 11.5 Å². The third-order valence-electron chi connectivity index (χ3n) is 3.68. The summed E-state index contributed by atoms with van der Waals surface area (Å²) in [7, 11) is 0. The van der Waals surface area contributed by atoms with Crippen molar-refractivity contribution in [1.82, 2.24) is 15.0 Å². The molecule has 0 unspecified atom stereocenters. The van der Waals surface area contributed by atoms with Crippen molar-refractivity contribution in [1.29, 1.82) is 0 Å². The normalized spacial score (nSPS) is 13.8. The lowest BCUT2D eigenvalue weighted by molar-refractivity contribution is 0.621. The minimum atomic E-state index is -0.346. The Hall–Kier alpha value is -2.04. The van der Waals surface area contributed by atoms with Gasteiger partial charge in [0.1, 0.15) is 17.3 Å².